The van der Waals surface area contributed by atoms with Crippen LogP contribution in [0.5, 0.6) is 0 Å². The highest BCUT2D eigenvalue weighted by Crippen LogP contribution is 2.35. The van der Waals surface area contributed by atoms with Crippen LogP contribution in [-0.2, 0) is 22.9 Å². The molecule has 1 fully saturated rings. The Labute approximate surface area is 183 Å². The molecule has 1 aliphatic carbocycles. The number of nitrogens with zero attached hydrogens (tertiary/aromatic N) is 1. The van der Waals surface area contributed by atoms with E-state index >= 15 is 0 Å². The Morgan fingerprint density at radius 3 is 2.45 bits per heavy atom. The predicted molar refractivity (Wildman–Crippen MR) is 122 cm³/mol. The second kappa shape index (κ2) is 8.36. The highest BCUT2D eigenvalue weighted by molar-refractivity contribution is 7.89. The van der Waals surface area contributed by atoms with Gasteiger partial charge in [-0.3, -0.25) is 0 Å². The number of benzene rings is 3. The molecule has 1 heterocycles. The van der Waals surface area contributed by atoms with Crippen LogP contribution >= 0.6 is 0 Å². The molecule has 2 atom stereocenters. The van der Waals surface area contributed by atoms with Gasteiger partial charge in [0.05, 0.1) is 4.90 Å². The topological polar surface area (TPSA) is 37.4 Å². The van der Waals surface area contributed by atoms with E-state index in [9.17, 15) is 12.8 Å². The molecule has 3 aromatic carbocycles. The molecule has 5 rings (SSSR count). The third kappa shape index (κ3) is 4.01. The third-order valence-corrected chi connectivity index (χ3v) is 8.97. The van der Waals surface area contributed by atoms with Gasteiger partial charge in [0.15, 0.2) is 0 Å². The molecular weight excluding hydrogens is 409 g/mol. The normalized spacial score (nSPS) is 22.4. The Morgan fingerprint density at radius 2 is 1.61 bits per heavy atom. The summed E-state index contributed by atoms with van der Waals surface area (Å²) in [5.74, 6) is 0.614. The monoisotopic (exact) mass is 437 g/mol. The molecule has 3 nitrogen and oxygen atoms in total. The molecule has 2 unspecified atom stereocenters. The lowest BCUT2D eigenvalue weighted by atomic mass is 9.78. The van der Waals surface area contributed by atoms with Crippen molar-refractivity contribution in [3.63, 3.8) is 0 Å². The van der Waals surface area contributed by atoms with Crippen LogP contribution in [0.25, 0.3) is 10.8 Å². The maximum Gasteiger partial charge on any atom is 0.243 e. The Kier molecular flexibility index (Phi) is 5.57. The fourth-order valence-electron chi connectivity index (χ4n) is 5.48. The zero-order valence-corrected chi connectivity index (χ0v) is 18.5. The lowest BCUT2D eigenvalue weighted by Crippen LogP contribution is -2.40. The molecule has 1 saturated heterocycles. The average Bonchev–Trinajstić information content (AvgIpc) is 2.79. The Hall–Kier alpha value is -2.24. The Morgan fingerprint density at radius 1 is 0.871 bits per heavy atom. The number of hydrogen-bond donors (Lipinski definition) is 0. The second-order valence-electron chi connectivity index (χ2n) is 9.08. The Bertz CT molecular complexity index is 1210. The molecule has 2 aliphatic rings. The smallest absolute Gasteiger partial charge is 0.207 e. The summed E-state index contributed by atoms with van der Waals surface area (Å²) in [5.41, 5.74) is 2.92. The van der Waals surface area contributed by atoms with Crippen molar-refractivity contribution in [3.05, 3.63) is 77.6 Å². The fourth-order valence-corrected chi connectivity index (χ4v) is 7.23. The van der Waals surface area contributed by atoms with Crippen LogP contribution in [0.3, 0.4) is 0 Å². The molecule has 162 valence electrons. The highest BCUT2D eigenvalue weighted by Gasteiger charge is 2.33. The van der Waals surface area contributed by atoms with Crippen LogP contribution in [0, 0.1) is 17.7 Å². The molecule has 5 heteroatoms. The molecule has 0 radical (unpaired) electrons. The van der Waals surface area contributed by atoms with Crippen molar-refractivity contribution in [3.8, 4) is 0 Å². The first-order valence-corrected chi connectivity index (χ1v) is 12.7. The lowest BCUT2D eigenvalue weighted by Gasteiger charge is -2.35. The van der Waals surface area contributed by atoms with Gasteiger partial charge >= 0.3 is 0 Å². The van der Waals surface area contributed by atoms with E-state index < -0.39 is 10.0 Å². The number of fused-ring (bicyclic) bond motifs is 2. The summed E-state index contributed by atoms with van der Waals surface area (Å²) < 4.78 is 42.9. The van der Waals surface area contributed by atoms with Gasteiger partial charge in [0.25, 0.3) is 0 Å². The lowest BCUT2D eigenvalue weighted by molar-refractivity contribution is 0.222. The number of rotatable bonds is 4. The van der Waals surface area contributed by atoms with E-state index in [0.717, 1.165) is 32.1 Å². The van der Waals surface area contributed by atoms with Gasteiger partial charge in [-0.1, -0.05) is 48.5 Å². The predicted octanol–water partition coefficient (Wildman–Crippen LogP) is 5.57. The SMILES string of the molecule is O=S(=O)(c1ccc(F)c2ccccc12)N1CCCC(CC2CCc3ccccc3C2)C1. The van der Waals surface area contributed by atoms with Gasteiger partial charge in [-0.2, -0.15) is 4.31 Å². The van der Waals surface area contributed by atoms with Crippen molar-refractivity contribution in [2.75, 3.05) is 13.1 Å². The summed E-state index contributed by atoms with van der Waals surface area (Å²) >= 11 is 0. The van der Waals surface area contributed by atoms with Gasteiger partial charge in [-0.25, -0.2) is 12.8 Å². The van der Waals surface area contributed by atoms with Crippen LogP contribution < -0.4 is 0 Å². The van der Waals surface area contributed by atoms with Crippen molar-refractivity contribution in [1.29, 1.82) is 0 Å². The first-order chi connectivity index (χ1) is 15.0. The number of sulfonamides is 1. The fraction of sp³-hybridized carbons (Fsp3) is 0.385. The molecular formula is C26H28FNO2S. The number of aryl methyl sites for hydroxylation is 1. The van der Waals surface area contributed by atoms with Crippen LogP contribution in [0.4, 0.5) is 4.39 Å². The second-order valence-corrected chi connectivity index (χ2v) is 11.0. The first-order valence-electron chi connectivity index (χ1n) is 11.3. The van der Waals surface area contributed by atoms with Crippen molar-refractivity contribution in [2.24, 2.45) is 11.8 Å². The van der Waals surface area contributed by atoms with Gasteiger partial charge in [0.1, 0.15) is 5.82 Å². The maximum absolute atomic E-state index is 14.2. The molecule has 0 saturated carbocycles. The van der Waals surface area contributed by atoms with Gasteiger partial charge in [0, 0.05) is 23.9 Å². The molecule has 31 heavy (non-hydrogen) atoms. The van der Waals surface area contributed by atoms with Gasteiger partial charge in [-0.05, 0) is 73.6 Å². The number of halogens is 1. The molecule has 0 N–H and O–H groups in total. The van der Waals surface area contributed by atoms with E-state index in [-0.39, 0.29) is 10.7 Å². The largest absolute Gasteiger partial charge is 0.243 e. The van der Waals surface area contributed by atoms with E-state index in [1.807, 2.05) is 0 Å². The van der Waals surface area contributed by atoms with Crippen molar-refractivity contribution >= 4 is 20.8 Å². The minimum absolute atomic E-state index is 0.219. The van der Waals surface area contributed by atoms with Crippen LogP contribution in [0.15, 0.2) is 65.6 Å². The van der Waals surface area contributed by atoms with Gasteiger partial charge in [-0.15, -0.1) is 0 Å². The summed E-state index contributed by atoms with van der Waals surface area (Å²) in [5, 5.41) is 0.825. The Balaban J connectivity index is 1.34. The molecule has 3 aromatic rings. The van der Waals surface area contributed by atoms with Crippen molar-refractivity contribution in [1.82, 2.24) is 4.31 Å². The summed E-state index contributed by atoms with van der Waals surface area (Å²) in [6, 6.07) is 18.2. The zero-order chi connectivity index (χ0) is 21.4. The third-order valence-electron chi connectivity index (χ3n) is 7.05. The summed E-state index contributed by atoms with van der Waals surface area (Å²) in [4.78, 5) is 0.219. The highest BCUT2D eigenvalue weighted by atomic mass is 32.2. The molecule has 0 spiro atoms. The van der Waals surface area contributed by atoms with E-state index in [0.29, 0.717) is 35.7 Å². The van der Waals surface area contributed by atoms with E-state index in [2.05, 4.69) is 24.3 Å². The zero-order valence-electron chi connectivity index (χ0n) is 17.6. The van der Waals surface area contributed by atoms with Crippen molar-refractivity contribution in [2.45, 2.75) is 43.4 Å². The van der Waals surface area contributed by atoms with E-state index in [1.165, 1.54) is 29.7 Å². The molecule has 0 aromatic heterocycles. The quantitative estimate of drug-likeness (QED) is 0.535. The standard InChI is InChI=1S/C26H28FNO2S/c27-25-13-14-26(24-10-4-3-9-23(24)25)31(29,30)28-15-5-6-20(18-28)16-19-11-12-21-7-1-2-8-22(21)17-19/h1-4,7-10,13-14,19-20H,5-6,11-12,15-18H2. The first kappa shape index (κ1) is 20.7. The maximum atomic E-state index is 14.2. The van der Waals surface area contributed by atoms with Gasteiger partial charge in [0.2, 0.25) is 10.0 Å². The minimum atomic E-state index is -3.66. The summed E-state index contributed by atoms with van der Waals surface area (Å²) in [7, 11) is -3.66. The minimum Gasteiger partial charge on any atom is -0.207 e. The van der Waals surface area contributed by atoms with Crippen LogP contribution in [0.2, 0.25) is 0 Å². The number of hydrogen-bond acceptors (Lipinski definition) is 2. The summed E-state index contributed by atoms with van der Waals surface area (Å²) in [6.07, 6.45) is 6.44. The molecule has 0 amide bonds. The average molecular weight is 438 g/mol. The summed E-state index contributed by atoms with van der Waals surface area (Å²) in [6.45, 7) is 1.10. The molecule has 1 aliphatic heterocycles. The van der Waals surface area contributed by atoms with Crippen molar-refractivity contribution < 1.29 is 12.8 Å². The van der Waals surface area contributed by atoms with Gasteiger partial charge < -0.3 is 0 Å². The number of piperidine rings is 1. The van der Waals surface area contributed by atoms with E-state index in [4.69, 9.17) is 0 Å². The van der Waals surface area contributed by atoms with Crippen LogP contribution in [0.1, 0.15) is 36.8 Å². The molecule has 0 bridgehead atoms. The van der Waals surface area contributed by atoms with Crippen LogP contribution in [-0.4, -0.2) is 25.8 Å². The van der Waals surface area contributed by atoms with E-state index in [1.54, 1.807) is 28.6 Å².